The van der Waals surface area contributed by atoms with E-state index in [0.29, 0.717) is 17.7 Å². The molecule has 0 heterocycles. The third-order valence-electron chi connectivity index (χ3n) is 3.92. The molecule has 3 aromatic carbocycles. The second kappa shape index (κ2) is 7.39. The molecule has 0 aliphatic carbocycles. The first-order valence-corrected chi connectivity index (χ1v) is 8.24. The fourth-order valence-electron chi connectivity index (χ4n) is 2.55. The van der Waals surface area contributed by atoms with Crippen LogP contribution >= 0.6 is 11.6 Å². The predicted molar refractivity (Wildman–Crippen MR) is 92.4 cm³/mol. The maximum atomic E-state index is 14.3. The molecule has 0 amide bonds. The Balaban J connectivity index is 1.99. The number of ether oxygens (including phenoxy) is 1. The van der Waals surface area contributed by atoms with Gasteiger partial charge < -0.3 is 4.74 Å². The predicted octanol–water partition coefficient (Wildman–Crippen LogP) is 7.00. The van der Waals surface area contributed by atoms with Gasteiger partial charge in [-0.15, -0.1) is 0 Å². The topological polar surface area (TPSA) is 9.23 Å². The van der Waals surface area contributed by atoms with Crippen LogP contribution in [0.25, 0.3) is 11.1 Å². The van der Waals surface area contributed by atoms with Crippen LogP contribution < -0.4 is 4.74 Å². The summed E-state index contributed by atoms with van der Waals surface area (Å²) in [4.78, 5) is 0. The van der Waals surface area contributed by atoms with E-state index >= 15 is 0 Å². The average Bonchev–Trinajstić information content (AvgIpc) is 2.59. The maximum absolute atomic E-state index is 14.3. The van der Waals surface area contributed by atoms with Crippen molar-refractivity contribution < 1.29 is 31.1 Å². The summed E-state index contributed by atoms with van der Waals surface area (Å²) in [6.07, 6.45) is -4.54. The molecule has 3 aromatic rings. The summed E-state index contributed by atoms with van der Waals surface area (Å²) >= 11 is 5.26. The molecule has 0 fully saturated rings. The summed E-state index contributed by atoms with van der Waals surface area (Å²) in [6, 6.07) is 8.77. The van der Waals surface area contributed by atoms with Gasteiger partial charge in [-0.1, -0.05) is 41.4 Å². The highest BCUT2D eigenvalue weighted by molar-refractivity contribution is 6.30. The lowest BCUT2D eigenvalue weighted by atomic mass is 10.0. The van der Waals surface area contributed by atoms with Crippen molar-refractivity contribution in [1.29, 1.82) is 0 Å². The summed E-state index contributed by atoms with van der Waals surface area (Å²) in [7, 11) is 0. The Bertz CT molecular complexity index is 987. The first-order valence-electron chi connectivity index (χ1n) is 7.86. The summed E-state index contributed by atoms with van der Waals surface area (Å²) in [5.74, 6) is -6.84. The molecule has 0 N–H and O–H groups in total. The zero-order chi connectivity index (χ0) is 20.6. The molecule has 0 saturated heterocycles. The Morgan fingerprint density at radius 1 is 0.750 bits per heavy atom. The fourth-order valence-corrected chi connectivity index (χ4v) is 2.66. The molecule has 0 saturated carbocycles. The molecule has 1 nitrogen and oxygen atoms in total. The Morgan fingerprint density at radius 2 is 1.25 bits per heavy atom. The van der Waals surface area contributed by atoms with Gasteiger partial charge in [0.15, 0.2) is 0 Å². The van der Waals surface area contributed by atoms with Crippen LogP contribution in [0.4, 0.5) is 26.3 Å². The zero-order valence-corrected chi connectivity index (χ0v) is 14.9. The molecular weight excluding hydrogens is 406 g/mol. The van der Waals surface area contributed by atoms with Gasteiger partial charge in [0.2, 0.25) is 0 Å². The Hall–Kier alpha value is -2.67. The molecule has 28 heavy (non-hydrogen) atoms. The van der Waals surface area contributed by atoms with E-state index in [9.17, 15) is 26.3 Å². The molecule has 0 aliphatic heterocycles. The van der Waals surface area contributed by atoms with E-state index in [0.717, 1.165) is 17.7 Å². The summed E-state index contributed by atoms with van der Waals surface area (Å²) < 4.78 is 88.3. The lowest BCUT2D eigenvalue weighted by Gasteiger charge is -2.20. The molecular formula is C20H11ClF6O. The Morgan fingerprint density at radius 3 is 1.75 bits per heavy atom. The molecule has 3 rings (SSSR count). The van der Waals surface area contributed by atoms with Crippen molar-refractivity contribution in [3.63, 3.8) is 0 Å². The van der Waals surface area contributed by atoms with Crippen LogP contribution in [0, 0.1) is 30.2 Å². The number of rotatable bonds is 4. The van der Waals surface area contributed by atoms with Crippen molar-refractivity contribution in [1.82, 2.24) is 0 Å². The van der Waals surface area contributed by atoms with Gasteiger partial charge in [-0.3, -0.25) is 0 Å². The van der Waals surface area contributed by atoms with E-state index < -0.39 is 45.7 Å². The van der Waals surface area contributed by atoms with Crippen molar-refractivity contribution >= 4 is 11.6 Å². The molecule has 0 bridgehead atoms. The van der Waals surface area contributed by atoms with Gasteiger partial charge in [0, 0.05) is 12.1 Å². The van der Waals surface area contributed by atoms with E-state index in [4.69, 9.17) is 11.6 Å². The summed E-state index contributed by atoms with van der Waals surface area (Å²) in [5, 5.41) is -0.921. The van der Waals surface area contributed by atoms with Gasteiger partial charge in [0.25, 0.3) is 0 Å². The minimum atomic E-state index is -4.54. The SMILES string of the molecule is Cc1ccc(-c2cc(F)c(C(F)(F)Oc3cc(F)c(Cl)c(F)c3)c(F)c2)cc1. The molecule has 0 atom stereocenters. The van der Waals surface area contributed by atoms with Gasteiger partial charge >= 0.3 is 6.11 Å². The second-order valence-corrected chi connectivity index (χ2v) is 6.38. The Labute approximate surface area is 161 Å². The maximum Gasteiger partial charge on any atom is 0.432 e. The molecule has 0 aromatic heterocycles. The minimum Gasteiger partial charge on any atom is -0.429 e. The molecule has 146 valence electrons. The highest BCUT2D eigenvalue weighted by atomic mass is 35.5. The van der Waals surface area contributed by atoms with Crippen LogP contribution in [0.15, 0.2) is 48.5 Å². The number of hydrogen-bond donors (Lipinski definition) is 0. The number of benzene rings is 3. The van der Waals surface area contributed by atoms with Crippen LogP contribution in [-0.4, -0.2) is 0 Å². The van der Waals surface area contributed by atoms with E-state index in [-0.39, 0.29) is 5.56 Å². The number of hydrogen-bond acceptors (Lipinski definition) is 1. The third-order valence-corrected chi connectivity index (χ3v) is 4.28. The van der Waals surface area contributed by atoms with Crippen LogP contribution in [0.2, 0.25) is 5.02 Å². The second-order valence-electron chi connectivity index (χ2n) is 6.00. The zero-order valence-electron chi connectivity index (χ0n) is 14.2. The van der Waals surface area contributed by atoms with Crippen LogP contribution in [0.5, 0.6) is 5.75 Å². The molecule has 0 spiro atoms. The van der Waals surface area contributed by atoms with Crippen LogP contribution in [0.1, 0.15) is 11.1 Å². The normalized spacial score (nSPS) is 11.6. The quantitative estimate of drug-likeness (QED) is 0.328. The van der Waals surface area contributed by atoms with Crippen molar-refractivity contribution in [2.24, 2.45) is 0 Å². The average molecular weight is 417 g/mol. The van der Waals surface area contributed by atoms with E-state index in [1.165, 1.54) is 0 Å². The number of halogens is 7. The van der Waals surface area contributed by atoms with E-state index in [1.807, 2.05) is 6.92 Å². The first kappa shape index (κ1) is 20.1. The number of aryl methyl sites for hydroxylation is 1. The first-order chi connectivity index (χ1) is 13.1. The number of alkyl halides is 2. The summed E-state index contributed by atoms with van der Waals surface area (Å²) in [5.41, 5.74) is -0.318. The lowest BCUT2D eigenvalue weighted by molar-refractivity contribution is -0.189. The largest absolute Gasteiger partial charge is 0.432 e. The minimum absolute atomic E-state index is 0.0399. The molecule has 0 radical (unpaired) electrons. The molecule has 8 heteroatoms. The van der Waals surface area contributed by atoms with Crippen molar-refractivity contribution in [2.45, 2.75) is 13.0 Å². The highest BCUT2D eigenvalue weighted by Crippen LogP contribution is 2.38. The van der Waals surface area contributed by atoms with Crippen molar-refractivity contribution in [3.8, 4) is 16.9 Å². The molecule has 0 unspecified atom stereocenters. The van der Waals surface area contributed by atoms with Gasteiger partial charge in [0.1, 0.15) is 39.6 Å². The third kappa shape index (κ3) is 3.94. The smallest absolute Gasteiger partial charge is 0.429 e. The van der Waals surface area contributed by atoms with Crippen molar-refractivity contribution in [3.05, 3.63) is 87.9 Å². The van der Waals surface area contributed by atoms with Crippen molar-refractivity contribution in [2.75, 3.05) is 0 Å². The van der Waals surface area contributed by atoms with Crippen LogP contribution in [-0.2, 0) is 6.11 Å². The van der Waals surface area contributed by atoms with Gasteiger partial charge in [0.05, 0.1) is 0 Å². The highest BCUT2D eigenvalue weighted by Gasteiger charge is 2.41. The Kier molecular flexibility index (Phi) is 5.30. The lowest BCUT2D eigenvalue weighted by Crippen LogP contribution is -2.25. The van der Waals surface area contributed by atoms with Gasteiger partial charge in [-0.25, -0.2) is 17.6 Å². The van der Waals surface area contributed by atoms with Gasteiger partial charge in [-0.2, -0.15) is 8.78 Å². The van der Waals surface area contributed by atoms with Gasteiger partial charge in [-0.05, 0) is 30.2 Å². The standard InChI is InChI=1S/C20H11ClF6O/c1-10-2-4-11(5-3-10)12-6-14(22)18(15(23)7-12)20(26,27)28-13-8-16(24)19(21)17(25)9-13/h2-9H,1H3. The van der Waals surface area contributed by atoms with E-state index in [2.05, 4.69) is 4.74 Å². The summed E-state index contributed by atoms with van der Waals surface area (Å²) in [6.45, 7) is 1.81. The van der Waals surface area contributed by atoms with E-state index in [1.54, 1.807) is 24.3 Å². The van der Waals surface area contributed by atoms with Crippen LogP contribution in [0.3, 0.4) is 0 Å². The monoisotopic (exact) mass is 416 g/mol. The molecule has 0 aliphatic rings. The fraction of sp³-hybridized carbons (Fsp3) is 0.100.